The van der Waals surface area contributed by atoms with Crippen molar-refractivity contribution in [2.24, 2.45) is 5.10 Å². The minimum Gasteiger partial charge on any atom is -0.483 e. The number of rotatable bonds is 7. The van der Waals surface area contributed by atoms with Crippen molar-refractivity contribution in [1.82, 2.24) is 5.43 Å². The number of amides is 3. The van der Waals surface area contributed by atoms with Crippen LogP contribution in [0.4, 0.5) is 11.4 Å². The number of hydrogen-bond acceptors (Lipinski definition) is 5. The van der Waals surface area contributed by atoms with Crippen molar-refractivity contribution >= 4 is 35.3 Å². The van der Waals surface area contributed by atoms with Crippen LogP contribution in [0.15, 0.2) is 65.8 Å². The fourth-order valence-electron chi connectivity index (χ4n) is 3.31. The van der Waals surface area contributed by atoms with Crippen LogP contribution >= 0.6 is 0 Å². The van der Waals surface area contributed by atoms with Gasteiger partial charge in [0.15, 0.2) is 6.61 Å². The third-order valence-corrected chi connectivity index (χ3v) is 5.24. The highest BCUT2D eigenvalue weighted by Gasteiger charge is 2.15. The molecule has 3 N–H and O–H groups in total. The van der Waals surface area contributed by atoms with Gasteiger partial charge in [-0.25, -0.2) is 5.43 Å². The number of carbonyl (C=O) groups excluding carboxylic acids is 3. The molecule has 0 radical (unpaired) electrons. The first kappa shape index (κ1) is 25.2. The molecule has 0 bridgehead atoms. The third-order valence-electron chi connectivity index (χ3n) is 5.24. The van der Waals surface area contributed by atoms with Crippen molar-refractivity contribution < 1.29 is 19.1 Å². The Morgan fingerprint density at radius 1 is 0.829 bits per heavy atom. The van der Waals surface area contributed by atoms with Gasteiger partial charge in [-0.1, -0.05) is 42.5 Å². The van der Waals surface area contributed by atoms with E-state index in [2.05, 4.69) is 21.2 Å². The number of benzene rings is 3. The van der Waals surface area contributed by atoms with Gasteiger partial charge in [-0.05, 0) is 68.1 Å². The second kappa shape index (κ2) is 11.6. The first-order chi connectivity index (χ1) is 16.7. The molecule has 0 aliphatic carbocycles. The van der Waals surface area contributed by atoms with Gasteiger partial charge < -0.3 is 15.4 Å². The van der Waals surface area contributed by atoms with Crippen molar-refractivity contribution in [3.8, 4) is 5.75 Å². The van der Waals surface area contributed by atoms with Crippen LogP contribution in [0.2, 0.25) is 0 Å². The summed E-state index contributed by atoms with van der Waals surface area (Å²) in [5, 5.41) is 9.30. The van der Waals surface area contributed by atoms with Gasteiger partial charge in [0.2, 0.25) is 0 Å². The molecule has 0 heterocycles. The fraction of sp³-hybridized carbons (Fsp3) is 0.185. The molecule has 8 heteroatoms. The normalized spacial score (nSPS) is 10.6. The smallest absolute Gasteiger partial charge is 0.329 e. The molecule has 0 fully saturated rings. The van der Waals surface area contributed by atoms with Gasteiger partial charge in [-0.2, -0.15) is 5.10 Å². The first-order valence-corrected chi connectivity index (χ1v) is 11.0. The second-order valence-electron chi connectivity index (χ2n) is 8.11. The SMILES string of the molecule is Cc1ccc(C)c(NC(=O)COc2ccccc2/C=N\NC(=O)C(=O)Nc2c(C)cccc2C)c1. The topological polar surface area (TPSA) is 109 Å². The molecule has 0 unspecified atom stereocenters. The fourth-order valence-corrected chi connectivity index (χ4v) is 3.31. The largest absolute Gasteiger partial charge is 0.483 e. The van der Waals surface area contributed by atoms with Crippen LogP contribution in [0.5, 0.6) is 5.75 Å². The number of hydrogen-bond donors (Lipinski definition) is 3. The molecule has 3 amide bonds. The average molecular weight is 473 g/mol. The quantitative estimate of drug-likeness (QED) is 0.274. The molecular weight excluding hydrogens is 444 g/mol. The van der Waals surface area contributed by atoms with Crippen molar-refractivity contribution in [2.75, 3.05) is 17.2 Å². The number of para-hydroxylation sites is 2. The number of carbonyl (C=O) groups is 3. The zero-order valence-electron chi connectivity index (χ0n) is 20.1. The summed E-state index contributed by atoms with van der Waals surface area (Å²) in [5.41, 5.74) is 7.76. The highest BCUT2D eigenvalue weighted by molar-refractivity contribution is 6.39. The van der Waals surface area contributed by atoms with E-state index in [9.17, 15) is 14.4 Å². The van der Waals surface area contributed by atoms with Crippen LogP contribution < -0.4 is 20.8 Å². The molecule has 0 aliphatic rings. The van der Waals surface area contributed by atoms with Gasteiger partial charge in [-0.3, -0.25) is 14.4 Å². The summed E-state index contributed by atoms with van der Waals surface area (Å²) >= 11 is 0. The lowest BCUT2D eigenvalue weighted by molar-refractivity contribution is -0.136. The number of aryl methyl sites for hydroxylation is 4. The number of ether oxygens (including phenoxy) is 1. The Bertz CT molecular complexity index is 1260. The zero-order valence-corrected chi connectivity index (χ0v) is 20.1. The van der Waals surface area contributed by atoms with Gasteiger partial charge in [-0.15, -0.1) is 0 Å². The van der Waals surface area contributed by atoms with E-state index in [1.165, 1.54) is 6.21 Å². The maximum atomic E-state index is 12.4. The maximum absolute atomic E-state index is 12.4. The number of anilines is 2. The van der Waals surface area contributed by atoms with E-state index in [-0.39, 0.29) is 12.5 Å². The molecular formula is C27H28N4O4. The highest BCUT2D eigenvalue weighted by atomic mass is 16.5. The average Bonchev–Trinajstić information content (AvgIpc) is 2.83. The number of nitrogens with zero attached hydrogens (tertiary/aromatic N) is 1. The van der Waals surface area contributed by atoms with Crippen LogP contribution in [0.3, 0.4) is 0 Å². The number of nitrogens with one attached hydrogen (secondary N) is 3. The summed E-state index contributed by atoms with van der Waals surface area (Å²) in [4.78, 5) is 36.8. The Morgan fingerprint density at radius 3 is 2.29 bits per heavy atom. The van der Waals surface area contributed by atoms with Gasteiger partial charge in [0, 0.05) is 16.9 Å². The summed E-state index contributed by atoms with van der Waals surface area (Å²) in [6, 6.07) is 18.3. The molecule has 0 atom stereocenters. The van der Waals surface area contributed by atoms with Gasteiger partial charge in [0.05, 0.1) is 6.21 Å². The van der Waals surface area contributed by atoms with Crippen molar-refractivity contribution in [3.63, 3.8) is 0 Å². The molecule has 0 saturated carbocycles. The summed E-state index contributed by atoms with van der Waals surface area (Å²) in [5.74, 6) is -1.63. The molecule has 180 valence electrons. The lowest BCUT2D eigenvalue weighted by atomic mass is 10.1. The van der Waals surface area contributed by atoms with E-state index in [1.54, 1.807) is 24.3 Å². The van der Waals surface area contributed by atoms with Crippen LogP contribution in [0.25, 0.3) is 0 Å². The van der Waals surface area contributed by atoms with Gasteiger partial charge >= 0.3 is 11.8 Å². The molecule has 0 saturated heterocycles. The first-order valence-electron chi connectivity index (χ1n) is 11.0. The Morgan fingerprint density at radius 2 is 1.54 bits per heavy atom. The van der Waals surface area contributed by atoms with Crippen molar-refractivity contribution in [3.05, 3.63) is 88.5 Å². The molecule has 8 nitrogen and oxygen atoms in total. The highest BCUT2D eigenvalue weighted by Crippen LogP contribution is 2.20. The minimum absolute atomic E-state index is 0.206. The van der Waals surface area contributed by atoms with E-state index in [0.717, 1.165) is 27.9 Å². The molecule has 0 spiro atoms. The second-order valence-corrected chi connectivity index (χ2v) is 8.11. The summed E-state index contributed by atoms with van der Waals surface area (Å²) in [7, 11) is 0. The lowest BCUT2D eigenvalue weighted by Crippen LogP contribution is -2.32. The van der Waals surface area contributed by atoms with Crippen LogP contribution in [0.1, 0.15) is 27.8 Å². The Kier molecular flexibility index (Phi) is 8.34. The van der Waals surface area contributed by atoms with Crippen molar-refractivity contribution in [1.29, 1.82) is 0 Å². The third kappa shape index (κ3) is 7.01. The Labute approximate surface area is 204 Å². The summed E-state index contributed by atoms with van der Waals surface area (Å²) in [6.45, 7) is 7.35. The van der Waals surface area contributed by atoms with Crippen LogP contribution in [0, 0.1) is 27.7 Å². The Hall–Kier alpha value is -4.46. The maximum Gasteiger partial charge on any atom is 0.329 e. The standard InChI is InChI=1S/C27H28N4O4/c1-17-12-13-18(2)22(14-17)29-24(32)16-35-23-11-6-5-10-21(23)15-28-31-27(34)26(33)30-25-19(3)8-7-9-20(25)4/h5-15H,16H2,1-4H3,(H,29,32)(H,30,33)(H,31,34)/b28-15-. The molecule has 3 aromatic carbocycles. The van der Waals surface area contributed by atoms with E-state index < -0.39 is 11.8 Å². The molecule has 3 aromatic rings. The van der Waals surface area contributed by atoms with E-state index in [0.29, 0.717) is 17.0 Å². The molecule has 0 aromatic heterocycles. The number of hydrazone groups is 1. The summed E-state index contributed by atoms with van der Waals surface area (Å²) in [6.07, 6.45) is 1.35. The lowest BCUT2D eigenvalue weighted by Gasteiger charge is -2.11. The zero-order chi connectivity index (χ0) is 25.4. The van der Waals surface area contributed by atoms with Gasteiger partial charge in [0.1, 0.15) is 5.75 Å². The van der Waals surface area contributed by atoms with Gasteiger partial charge in [0.25, 0.3) is 5.91 Å². The van der Waals surface area contributed by atoms with E-state index >= 15 is 0 Å². The summed E-state index contributed by atoms with van der Waals surface area (Å²) < 4.78 is 5.66. The molecule has 0 aliphatic heterocycles. The van der Waals surface area contributed by atoms with E-state index in [4.69, 9.17) is 4.74 Å². The predicted octanol–water partition coefficient (Wildman–Crippen LogP) is 4.03. The Balaban J connectivity index is 1.57. The van der Waals surface area contributed by atoms with Crippen LogP contribution in [-0.4, -0.2) is 30.5 Å². The molecule has 3 rings (SSSR count). The van der Waals surface area contributed by atoms with Crippen molar-refractivity contribution in [2.45, 2.75) is 27.7 Å². The molecule has 35 heavy (non-hydrogen) atoms. The van der Waals surface area contributed by atoms with Crippen LogP contribution in [-0.2, 0) is 14.4 Å². The predicted molar refractivity (Wildman–Crippen MR) is 137 cm³/mol. The van der Waals surface area contributed by atoms with E-state index in [1.807, 2.05) is 64.1 Å². The monoisotopic (exact) mass is 472 g/mol. The minimum atomic E-state index is -0.907.